The number of nitrogens with zero attached hydrogens (tertiary/aromatic N) is 4. The largest absolute Gasteiger partial charge is 0.395 e. The second kappa shape index (κ2) is 9.72. The highest BCUT2D eigenvalue weighted by Crippen LogP contribution is 2.44. The number of aryl methyl sites for hydroxylation is 2. The monoisotopic (exact) mass is 459 g/mol. The molecule has 1 saturated carbocycles. The van der Waals surface area contributed by atoms with E-state index in [1.165, 1.54) is 43.9 Å². The zero-order valence-electron chi connectivity index (χ0n) is 17.9. The van der Waals surface area contributed by atoms with Crippen LogP contribution in [0.1, 0.15) is 54.9 Å². The maximum atomic E-state index is 8.97. The van der Waals surface area contributed by atoms with E-state index in [0.717, 1.165) is 27.1 Å². The molecule has 0 aromatic carbocycles. The van der Waals surface area contributed by atoms with Gasteiger partial charge in [0, 0.05) is 23.7 Å². The lowest BCUT2D eigenvalue weighted by molar-refractivity contribution is 0.311. The quantitative estimate of drug-likeness (QED) is 0.459. The summed E-state index contributed by atoms with van der Waals surface area (Å²) < 4.78 is 0. The van der Waals surface area contributed by atoms with Gasteiger partial charge in [-0.1, -0.05) is 42.8 Å². The lowest BCUT2D eigenvalue weighted by atomic mass is 10.0. The Labute approximate surface area is 191 Å². The van der Waals surface area contributed by atoms with Gasteiger partial charge in [0.05, 0.1) is 29.1 Å². The van der Waals surface area contributed by atoms with Crippen LogP contribution in [0.5, 0.6) is 0 Å². The van der Waals surface area contributed by atoms with Crippen LogP contribution in [0, 0.1) is 13.8 Å². The van der Waals surface area contributed by atoms with E-state index in [1.807, 2.05) is 26.1 Å². The molecule has 0 bridgehead atoms. The molecule has 31 heavy (non-hydrogen) atoms. The van der Waals surface area contributed by atoms with Crippen molar-refractivity contribution in [1.82, 2.24) is 25.3 Å². The topological polar surface area (TPSA) is 122 Å². The Kier molecular flexibility index (Phi) is 7.00. The van der Waals surface area contributed by atoms with Crippen molar-refractivity contribution < 1.29 is 5.11 Å². The summed E-state index contributed by atoms with van der Waals surface area (Å²) >= 11 is 3.29. The summed E-state index contributed by atoms with van der Waals surface area (Å²) in [6.45, 7) is 4.35. The van der Waals surface area contributed by atoms with Crippen LogP contribution in [-0.2, 0) is 4.99 Å². The number of hydrogen-bond acceptors (Lipinski definition) is 10. The molecule has 3 heterocycles. The summed E-state index contributed by atoms with van der Waals surface area (Å²) in [5.74, 6) is 0.617. The highest BCUT2D eigenvalue weighted by Gasteiger charge is 2.37. The third kappa shape index (κ3) is 5.31. The Balaban J connectivity index is 1.50. The first kappa shape index (κ1) is 22.3. The van der Waals surface area contributed by atoms with Crippen LogP contribution in [0.3, 0.4) is 0 Å². The minimum absolute atomic E-state index is 0.0351. The number of nitrogens with two attached hydrogens (primary N) is 1. The van der Waals surface area contributed by atoms with Crippen molar-refractivity contribution in [3.05, 3.63) is 41.2 Å². The predicted octanol–water partition coefficient (Wildman–Crippen LogP) is 3.12. The van der Waals surface area contributed by atoms with Crippen molar-refractivity contribution in [1.29, 1.82) is 0 Å². The van der Waals surface area contributed by atoms with Crippen LogP contribution in [-0.4, -0.2) is 43.4 Å². The highest BCUT2D eigenvalue weighted by molar-refractivity contribution is 8.09. The number of nitrogens with one attached hydrogen (secondary N) is 2. The Bertz CT molecular complexity index is 965. The first-order valence-corrected chi connectivity index (χ1v) is 12.3. The van der Waals surface area contributed by atoms with Crippen molar-refractivity contribution >= 4 is 34.2 Å². The summed E-state index contributed by atoms with van der Waals surface area (Å²) in [5, 5.41) is 16.7. The van der Waals surface area contributed by atoms with Crippen LogP contribution < -0.4 is 16.4 Å². The van der Waals surface area contributed by atoms with Gasteiger partial charge in [-0.05, 0) is 32.8 Å². The second-order valence-corrected chi connectivity index (χ2v) is 10.4. The van der Waals surface area contributed by atoms with Gasteiger partial charge >= 0.3 is 0 Å². The Morgan fingerprint density at radius 3 is 2.81 bits per heavy atom. The average molecular weight is 460 g/mol. The van der Waals surface area contributed by atoms with E-state index in [1.54, 1.807) is 18.0 Å². The Morgan fingerprint density at radius 2 is 2.06 bits per heavy atom. The fraction of sp³-hybridized carbons (Fsp3) is 0.524. The van der Waals surface area contributed by atoms with Gasteiger partial charge in [-0.15, -0.1) is 0 Å². The van der Waals surface area contributed by atoms with Gasteiger partial charge in [-0.3, -0.25) is 10.7 Å². The van der Waals surface area contributed by atoms with E-state index in [4.69, 9.17) is 15.8 Å². The first-order chi connectivity index (χ1) is 15.0. The molecule has 0 radical (unpaired) electrons. The maximum absolute atomic E-state index is 8.97. The second-order valence-electron chi connectivity index (χ2n) is 7.89. The summed E-state index contributed by atoms with van der Waals surface area (Å²) in [6.07, 6.45) is 9.95. The third-order valence-electron chi connectivity index (χ3n) is 5.32. The molecule has 1 aliphatic heterocycles. The van der Waals surface area contributed by atoms with E-state index in [9.17, 15) is 0 Å². The summed E-state index contributed by atoms with van der Waals surface area (Å²) in [5.41, 5.74) is 9.90. The number of rotatable bonds is 7. The number of aliphatic hydroxyl groups is 1. The third-order valence-corrected chi connectivity index (χ3v) is 7.69. The number of hydrogen-bond donors (Lipinski definition) is 4. The van der Waals surface area contributed by atoms with Crippen LogP contribution in [0.15, 0.2) is 23.6 Å². The molecule has 8 nitrogen and oxygen atoms in total. The predicted molar refractivity (Wildman–Crippen MR) is 126 cm³/mol. The SMILES string of the molecule is Cc1cc(C2=CNC(N)(c3ncc(NCCO)nc3C)S2)nc(SC2CCCCC2)n1. The molecule has 1 unspecified atom stereocenters. The van der Waals surface area contributed by atoms with Crippen molar-refractivity contribution in [2.24, 2.45) is 5.73 Å². The van der Waals surface area contributed by atoms with Gasteiger partial charge in [0.15, 0.2) is 10.2 Å². The van der Waals surface area contributed by atoms with Gasteiger partial charge in [0.1, 0.15) is 11.5 Å². The van der Waals surface area contributed by atoms with Gasteiger partial charge in [0.2, 0.25) is 0 Å². The molecule has 4 rings (SSSR count). The molecule has 0 amide bonds. The van der Waals surface area contributed by atoms with Crippen LogP contribution in [0.25, 0.3) is 4.91 Å². The molecule has 2 aliphatic rings. The molecular formula is C21H29N7OS2. The number of aliphatic hydroxyl groups excluding tert-OH is 1. The minimum Gasteiger partial charge on any atom is -0.395 e. The molecule has 10 heteroatoms. The molecule has 1 atom stereocenters. The lowest BCUT2D eigenvalue weighted by Gasteiger charge is -2.25. The fourth-order valence-corrected chi connectivity index (χ4v) is 6.12. The zero-order chi connectivity index (χ0) is 21.8. The summed E-state index contributed by atoms with van der Waals surface area (Å²) in [7, 11) is 0. The maximum Gasteiger partial charge on any atom is 0.188 e. The molecule has 0 saturated heterocycles. The lowest BCUT2D eigenvalue weighted by Crippen LogP contribution is -2.43. The highest BCUT2D eigenvalue weighted by atomic mass is 32.2. The van der Waals surface area contributed by atoms with E-state index in [-0.39, 0.29) is 6.61 Å². The average Bonchev–Trinajstić information content (AvgIpc) is 3.15. The normalized spacial score (nSPS) is 21.6. The smallest absolute Gasteiger partial charge is 0.188 e. The molecule has 1 aliphatic carbocycles. The molecule has 166 valence electrons. The summed E-state index contributed by atoms with van der Waals surface area (Å²) in [4.78, 5) is 18.6. The van der Waals surface area contributed by atoms with Gasteiger partial charge in [-0.2, -0.15) is 0 Å². The van der Waals surface area contributed by atoms with Gasteiger partial charge in [0.25, 0.3) is 0 Å². The zero-order valence-corrected chi connectivity index (χ0v) is 19.5. The molecule has 5 N–H and O–H groups in total. The minimum atomic E-state index is -0.919. The van der Waals surface area contributed by atoms with Crippen molar-refractivity contribution in [3.63, 3.8) is 0 Å². The van der Waals surface area contributed by atoms with Crippen LogP contribution >= 0.6 is 23.5 Å². The summed E-state index contributed by atoms with van der Waals surface area (Å²) in [6, 6.07) is 2.00. The number of aromatic nitrogens is 4. The molecule has 2 aromatic heterocycles. The van der Waals surface area contributed by atoms with E-state index < -0.39 is 4.99 Å². The molecule has 1 fully saturated rings. The van der Waals surface area contributed by atoms with E-state index in [2.05, 4.69) is 25.6 Å². The van der Waals surface area contributed by atoms with E-state index in [0.29, 0.717) is 23.3 Å². The molecule has 2 aromatic rings. The van der Waals surface area contributed by atoms with Crippen molar-refractivity contribution in [3.8, 4) is 0 Å². The Hall–Kier alpha value is -1.88. The molecular weight excluding hydrogens is 430 g/mol. The van der Waals surface area contributed by atoms with Crippen LogP contribution in [0.4, 0.5) is 5.82 Å². The first-order valence-electron chi connectivity index (χ1n) is 10.6. The fourth-order valence-electron chi connectivity index (χ4n) is 3.82. The number of anilines is 1. The standard InChI is InChI=1S/C21H29N7OS2/c1-13-10-16(28-20(26-13)30-15-6-4-3-5-7-15)17-11-25-21(22,31-17)19-14(2)27-18(12-24-19)23-8-9-29/h10-12,15,25,29H,3-9,22H2,1-2H3,(H,23,27). The van der Waals surface area contributed by atoms with Crippen molar-refractivity contribution in [2.45, 2.75) is 61.4 Å². The van der Waals surface area contributed by atoms with Gasteiger partial charge < -0.3 is 15.7 Å². The molecule has 0 spiro atoms. The van der Waals surface area contributed by atoms with E-state index >= 15 is 0 Å². The van der Waals surface area contributed by atoms with Gasteiger partial charge in [-0.25, -0.2) is 15.0 Å². The number of thioether (sulfide) groups is 2. The van der Waals surface area contributed by atoms with Crippen LogP contribution in [0.2, 0.25) is 0 Å². The van der Waals surface area contributed by atoms with Crippen molar-refractivity contribution in [2.75, 3.05) is 18.5 Å². The Morgan fingerprint density at radius 1 is 1.26 bits per heavy atom.